The summed E-state index contributed by atoms with van der Waals surface area (Å²) in [5.74, 6) is 0.654. The van der Waals surface area contributed by atoms with Gasteiger partial charge in [0.05, 0.1) is 18.6 Å². The number of ether oxygens (including phenoxy) is 1. The Balaban J connectivity index is 1.56. The molecular weight excluding hydrogens is 379 g/mol. The fraction of sp³-hybridized carbons (Fsp3) is 0.480. The van der Waals surface area contributed by atoms with Gasteiger partial charge in [-0.05, 0) is 62.5 Å². The first-order valence-electron chi connectivity index (χ1n) is 11.1. The zero-order valence-corrected chi connectivity index (χ0v) is 17.7. The van der Waals surface area contributed by atoms with Gasteiger partial charge in [0.2, 0.25) is 5.91 Å². The zero-order chi connectivity index (χ0) is 21.0. The van der Waals surface area contributed by atoms with Gasteiger partial charge in [-0.1, -0.05) is 43.2 Å². The Hall–Kier alpha value is -2.40. The Morgan fingerprint density at radius 2 is 1.73 bits per heavy atom. The van der Waals surface area contributed by atoms with E-state index in [1.54, 1.807) is 19.2 Å². The van der Waals surface area contributed by atoms with Crippen LogP contribution in [0.1, 0.15) is 55.7 Å². The number of nitrogens with one attached hydrogen (secondary N) is 1. The Kier molecular flexibility index (Phi) is 6.38. The quantitative estimate of drug-likeness (QED) is 0.725. The number of carbonyl (C=O) groups is 1. The van der Waals surface area contributed by atoms with E-state index in [0.29, 0.717) is 6.54 Å². The molecule has 4 rings (SSSR count). The molecule has 0 radical (unpaired) electrons. The van der Waals surface area contributed by atoms with Gasteiger partial charge < -0.3 is 10.1 Å². The van der Waals surface area contributed by atoms with E-state index in [-0.39, 0.29) is 17.8 Å². The van der Waals surface area contributed by atoms with Crippen LogP contribution in [0.5, 0.6) is 5.75 Å². The third-order valence-corrected chi connectivity index (χ3v) is 6.82. The second kappa shape index (κ2) is 9.17. The minimum atomic E-state index is -0.552. The number of hydrogen-bond acceptors (Lipinski definition) is 3. The minimum absolute atomic E-state index is 0.0608. The van der Waals surface area contributed by atoms with Crippen LogP contribution in [0.25, 0.3) is 0 Å². The monoisotopic (exact) mass is 410 g/mol. The predicted molar refractivity (Wildman–Crippen MR) is 116 cm³/mol. The molecule has 1 heterocycles. The highest BCUT2D eigenvalue weighted by molar-refractivity contribution is 5.88. The summed E-state index contributed by atoms with van der Waals surface area (Å²) in [5.41, 5.74) is 1.49. The number of carbonyl (C=O) groups excluding carboxylic acids is 1. The number of methoxy groups -OCH3 is 1. The number of halogens is 1. The molecule has 1 aliphatic carbocycles. The molecule has 2 aromatic carbocycles. The fourth-order valence-electron chi connectivity index (χ4n) is 5.18. The summed E-state index contributed by atoms with van der Waals surface area (Å²) in [6.45, 7) is 2.60. The van der Waals surface area contributed by atoms with Crippen LogP contribution >= 0.6 is 0 Å². The van der Waals surface area contributed by atoms with E-state index in [0.717, 1.165) is 55.6 Å². The van der Waals surface area contributed by atoms with Crippen molar-refractivity contribution in [2.75, 3.05) is 26.7 Å². The van der Waals surface area contributed by atoms with E-state index in [4.69, 9.17) is 4.74 Å². The Morgan fingerprint density at radius 1 is 1.07 bits per heavy atom. The lowest BCUT2D eigenvalue weighted by Gasteiger charge is -2.32. The molecule has 160 valence electrons. The molecule has 0 aromatic heterocycles. The predicted octanol–water partition coefficient (Wildman–Crippen LogP) is 4.60. The third kappa shape index (κ3) is 4.08. The molecule has 1 saturated carbocycles. The minimum Gasteiger partial charge on any atom is -0.496 e. The SMILES string of the molecule is COc1ccccc1[C@@H](CNC(=O)C1(c2ccc(F)cc2)CCCC1)N1CCCC1. The van der Waals surface area contributed by atoms with Gasteiger partial charge >= 0.3 is 0 Å². The highest BCUT2D eigenvalue weighted by Crippen LogP contribution is 2.41. The number of para-hydroxylation sites is 1. The van der Waals surface area contributed by atoms with Gasteiger partial charge in [-0.2, -0.15) is 0 Å². The molecule has 4 nitrogen and oxygen atoms in total. The summed E-state index contributed by atoms with van der Waals surface area (Å²) in [6, 6.07) is 14.6. The van der Waals surface area contributed by atoms with E-state index in [9.17, 15) is 9.18 Å². The van der Waals surface area contributed by atoms with Crippen molar-refractivity contribution in [2.45, 2.75) is 50.0 Å². The average molecular weight is 411 g/mol. The number of amides is 1. The number of rotatable bonds is 7. The molecule has 2 fully saturated rings. The molecule has 0 unspecified atom stereocenters. The van der Waals surface area contributed by atoms with Gasteiger partial charge in [-0.15, -0.1) is 0 Å². The Bertz CT molecular complexity index is 856. The molecule has 1 saturated heterocycles. The summed E-state index contributed by atoms with van der Waals surface area (Å²) >= 11 is 0. The van der Waals surface area contributed by atoms with E-state index < -0.39 is 5.41 Å². The average Bonchev–Trinajstić information content (AvgIpc) is 3.48. The van der Waals surface area contributed by atoms with Crippen molar-refractivity contribution in [3.8, 4) is 5.75 Å². The largest absolute Gasteiger partial charge is 0.496 e. The van der Waals surface area contributed by atoms with E-state index in [1.165, 1.54) is 25.0 Å². The van der Waals surface area contributed by atoms with Crippen LogP contribution in [0.2, 0.25) is 0 Å². The molecule has 1 aliphatic heterocycles. The molecule has 0 spiro atoms. The molecule has 0 bridgehead atoms. The van der Waals surface area contributed by atoms with Gasteiger partial charge in [0.1, 0.15) is 11.6 Å². The smallest absolute Gasteiger partial charge is 0.230 e. The van der Waals surface area contributed by atoms with Crippen molar-refractivity contribution in [3.05, 3.63) is 65.5 Å². The highest BCUT2D eigenvalue weighted by Gasteiger charge is 2.43. The molecule has 30 heavy (non-hydrogen) atoms. The molecule has 2 aliphatic rings. The van der Waals surface area contributed by atoms with Crippen LogP contribution in [0, 0.1) is 5.82 Å². The molecular formula is C25H31FN2O2. The lowest BCUT2D eigenvalue weighted by atomic mass is 9.78. The standard InChI is InChI=1S/C25H31FN2O2/c1-30-23-9-3-2-8-21(23)22(28-16-6-7-17-28)18-27-24(29)25(14-4-5-15-25)19-10-12-20(26)13-11-19/h2-3,8-13,22H,4-7,14-18H2,1H3,(H,27,29)/t22-/m1/s1. The summed E-state index contributed by atoms with van der Waals surface area (Å²) in [4.78, 5) is 15.9. The number of hydrogen-bond donors (Lipinski definition) is 1. The Morgan fingerprint density at radius 3 is 2.40 bits per heavy atom. The second-order valence-electron chi connectivity index (χ2n) is 8.51. The first kappa shape index (κ1) is 20.9. The summed E-state index contributed by atoms with van der Waals surface area (Å²) in [6.07, 6.45) is 6.03. The normalized spacial score (nSPS) is 19.5. The fourth-order valence-corrected chi connectivity index (χ4v) is 5.18. The topological polar surface area (TPSA) is 41.6 Å². The van der Waals surface area contributed by atoms with Crippen LogP contribution in [-0.4, -0.2) is 37.6 Å². The van der Waals surface area contributed by atoms with Crippen LogP contribution < -0.4 is 10.1 Å². The molecule has 2 aromatic rings. The van der Waals surface area contributed by atoms with Crippen molar-refractivity contribution in [1.29, 1.82) is 0 Å². The van der Waals surface area contributed by atoms with Crippen molar-refractivity contribution in [2.24, 2.45) is 0 Å². The molecule has 1 atom stereocenters. The lowest BCUT2D eigenvalue weighted by Crippen LogP contribution is -2.46. The maximum absolute atomic E-state index is 13.5. The van der Waals surface area contributed by atoms with Gasteiger partial charge in [0.25, 0.3) is 0 Å². The molecule has 1 amide bonds. The van der Waals surface area contributed by atoms with Crippen LogP contribution in [0.3, 0.4) is 0 Å². The van der Waals surface area contributed by atoms with E-state index in [2.05, 4.69) is 16.3 Å². The summed E-state index contributed by atoms with van der Waals surface area (Å²) in [7, 11) is 1.69. The second-order valence-corrected chi connectivity index (χ2v) is 8.51. The van der Waals surface area contributed by atoms with Crippen molar-refractivity contribution in [1.82, 2.24) is 10.2 Å². The Labute approximate surface area is 178 Å². The molecule has 1 N–H and O–H groups in total. The summed E-state index contributed by atoms with van der Waals surface area (Å²) < 4.78 is 19.1. The highest BCUT2D eigenvalue weighted by atomic mass is 19.1. The zero-order valence-electron chi connectivity index (χ0n) is 17.7. The maximum atomic E-state index is 13.5. The maximum Gasteiger partial charge on any atom is 0.230 e. The van der Waals surface area contributed by atoms with Crippen molar-refractivity contribution >= 4 is 5.91 Å². The first-order valence-corrected chi connectivity index (χ1v) is 11.1. The van der Waals surface area contributed by atoms with Gasteiger partial charge in [0, 0.05) is 12.1 Å². The van der Waals surface area contributed by atoms with E-state index in [1.807, 2.05) is 18.2 Å². The third-order valence-electron chi connectivity index (χ3n) is 6.82. The number of likely N-dealkylation sites (tertiary alicyclic amines) is 1. The van der Waals surface area contributed by atoms with E-state index >= 15 is 0 Å². The molecule has 5 heteroatoms. The lowest BCUT2D eigenvalue weighted by molar-refractivity contribution is -0.126. The van der Waals surface area contributed by atoms with Gasteiger partial charge in [0.15, 0.2) is 0 Å². The number of nitrogens with zero attached hydrogens (tertiary/aromatic N) is 1. The van der Waals surface area contributed by atoms with Crippen LogP contribution in [0.4, 0.5) is 4.39 Å². The number of benzene rings is 2. The first-order chi connectivity index (χ1) is 14.6. The van der Waals surface area contributed by atoms with Crippen LogP contribution in [0.15, 0.2) is 48.5 Å². The van der Waals surface area contributed by atoms with Crippen molar-refractivity contribution in [3.63, 3.8) is 0 Å². The van der Waals surface area contributed by atoms with Gasteiger partial charge in [-0.3, -0.25) is 9.69 Å². The van der Waals surface area contributed by atoms with Crippen LogP contribution in [-0.2, 0) is 10.2 Å². The van der Waals surface area contributed by atoms with Gasteiger partial charge in [-0.25, -0.2) is 4.39 Å². The van der Waals surface area contributed by atoms with Crippen molar-refractivity contribution < 1.29 is 13.9 Å². The summed E-state index contributed by atoms with van der Waals surface area (Å²) in [5, 5.41) is 3.28.